The van der Waals surface area contributed by atoms with Crippen LogP contribution >= 0.6 is 0 Å². The third-order valence-electron chi connectivity index (χ3n) is 1.88. The van der Waals surface area contributed by atoms with Crippen LogP contribution in [0, 0.1) is 18.3 Å². The molecule has 0 radical (unpaired) electrons. The first kappa shape index (κ1) is 8.76. The van der Waals surface area contributed by atoms with Crippen LogP contribution in [0.3, 0.4) is 0 Å². The molecule has 1 aromatic carbocycles. The number of hydrogen-bond donors (Lipinski definition) is 1. The molecule has 1 aromatic rings. The third-order valence-corrected chi connectivity index (χ3v) is 1.88. The van der Waals surface area contributed by atoms with Gasteiger partial charge in [-0.2, -0.15) is 5.26 Å². The van der Waals surface area contributed by atoms with E-state index >= 15 is 0 Å². The first-order valence-corrected chi connectivity index (χ1v) is 3.83. The van der Waals surface area contributed by atoms with Gasteiger partial charge in [-0.05, 0) is 19.4 Å². The maximum Gasteiger partial charge on any atom is 0.126 e. The molecule has 1 atom stereocenters. The largest absolute Gasteiger partial charge is 0.310 e. The van der Waals surface area contributed by atoms with Gasteiger partial charge in [0.15, 0.2) is 0 Å². The number of benzene rings is 1. The molecule has 0 unspecified atom stereocenters. The predicted molar refractivity (Wildman–Crippen MR) is 48.3 cm³/mol. The van der Waals surface area contributed by atoms with Crippen molar-refractivity contribution in [2.24, 2.45) is 5.73 Å². The second-order valence-corrected chi connectivity index (χ2v) is 3.18. The fourth-order valence-corrected chi connectivity index (χ4v) is 0.964. The quantitative estimate of drug-likeness (QED) is 0.679. The Balaban J connectivity index is 3.07. The minimum absolute atomic E-state index is 0.857. The van der Waals surface area contributed by atoms with Crippen molar-refractivity contribution in [1.29, 1.82) is 5.26 Å². The molecular formula is C10H12N2. The van der Waals surface area contributed by atoms with Crippen molar-refractivity contribution in [2.75, 3.05) is 0 Å². The Kier molecular flexibility index (Phi) is 2.16. The van der Waals surface area contributed by atoms with Gasteiger partial charge in [0.25, 0.3) is 0 Å². The number of nitrogens with two attached hydrogens (primary N) is 1. The Morgan fingerprint density at radius 1 is 1.33 bits per heavy atom. The highest BCUT2D eigenvalue weighted by molar-refractivity contribution is 5.31. The van der Waals surface area contributed by atoms with E-state index in [-0.39, 0.29) is 0 Å². The normalized spacial score (nSPS) is 14.8. The van der Waals surface area contributed by atoms with Crippen molar-refractivity contribution in [3.63, 3.8) is 0 Å². The Bertz CT molecular complexity index is 304. The molecule has 0 spiro atoms. The Hall–Kier alpha value is -1.33. The average molecular weight is 160 g/mol. The Labute approximate surface area is 72.6 Å². The van der Waals surface area contributed by atoms with Crippen LogP contribution in [0.15, 0.2) is 24.3 Å². The highest BCUT2D eigenvalue weighted by Gasteiger charge is 2.19. The standard InChI is InChI=1S/C10H12N2/c1-8-3-5-9(6-4-8)10(2,12)7-11/h3-6H,12H2,1-2H3/t10-/m1/s1. The number of nitrogens with zero attached hydrogens (tertiary/aromatic N) is 1. The van der Waals surface area contributed by atoms with E-state index in [0.717, 1.165) is 5.56 Å². The summed E-state index contributed by atoms with van der Waals surface area (Å²) in [4.78, 5) is 0. The van der Waals surface area contributed by atoms with Gasteiger partial charge in [0, 0.05) is 0 Å². The van der Waals surface area contributed by atoms with Gasteiger partial charge in [0.2, 0.25) is 0 Å². The fourth-order valence-electron chi connectivity index (χ4n) is 0.964. The molecule has 2 nitrogen and oxygen atoms in total. The van der Waals surface area contributed by atoms with Crippen molar-refractivity contribution >= 4 is 0 Å². The zero-order valence-corrected chi connectivity index (χ0v) is 7.33. The summed E-state index contributed by atoms with van der Waals surface area (Å²) in [5, 5.41) is 8.74. The van der Waals surface area contributed by atoms with E-state index in [1.165, 1.54) is 5.56 Å². The van der Waals surface area contributed by atoms with Crippen molar-refractivity contribution in [1.82, 2.24) is 0 Å². The molecule has 0 bridgehead atoms. The first-order valence-electron chi connectivity index (χ1n) is 3.83. The summed E-state index contributed by atoms with van der Waals surface area (Å²) in [6.45, 7) is 3.71. The maximum absolute atomic E-state index is 8.74. The van der Waals surface area contributed by atoms with Crippen LogP contribution in [0.5, 0.6) is 0 Å². The molecule has 0 fully saturated rings. The molecule has 2 heteroatoms. The highest BCUT2D eigenvalue weighted by atomic mass is 14.7. The van der Waals surface area contributed by atoms with Crippen LogP contribution in [-0.2, 0) is 5.54 Å². The molecule has 0 aliphatic rings. The van der Waals surface area contributed by atoms with Crippen molar-refractivity contribution in [3.8, 4) is 6.07 Å². The summed E-state index contributed by atoms with van der Waals surface area (Å²) in [5.41, 5.74) is 6.89. The van der Waals surface area contributed by atoms with E-state index in [0.29, 0.717) is 0 Å². The lowest BCUT2D eigenvalue weighted by Crippen LogP contribution is -2.30. The van der Waals surface area contributed by atoms with Gasteiger partial charge in [0.1, 0.15) is 5.54 Å². The van der Waals surface area contributed by atoms with Gasteiger partial charge in [-0.3, -0.25) is 0 Å². The number of nitriles is 1. The number of aryl methyl sites for hydroxylation is 1. The fraction of sp³-hybridized carbons (Fsp3) is 0.300. The van der Waals surface area contributed by atoms with Crippen molar-refractivity contribution in [2.45, 2.75) is 19.4 Å². The summed E-state index contributed by atoms with van der Waals surface area (Å²) >= 11 is 0. The lowest BCUT2D eigenvalue weighted by Gasteiger charge is -2.15. The van der Waals surface area contributed by atoms with Gasteiger partial charge in [-0.1, -0.05) is 29.8 Å². The molecule has 0 aromatic heterocycles. The topological polar surface area (TPSA) is 49.8 Å². The molecule has 2 N–H and O–H groups in total. The van der Waals surface area contributed by atoms with E-state index in [9.17, 15) is 0 Å². The van der Waals surface area contributed by atoms with E-state index in [1.807, 2.05) is 31.2 Å². The first-order chi connectivity index (χ1) is 5.56. The summed E-state index contributed by atoms with van der Waals surface area (Å²) in [5.74, 6) is 0. The van der Waals surface area contributed by atoms with Crippen LogP contribution in [0.1, 0.15) is 18.1 Å². The van der Waals surface area contributed by atoms with E-state index in [4.69, 9.17) is 11.0 Å². The zero-order chi connectivity index (χ0) is 9.19. The number of rotatable bonds is 1. The maximum atomic E-state index is 8.74. The smallest absolute Gasteiger partial charge is 0.126 e. The highest BCUT2D eigenvalue weighted by Crippen LogP contribution is 2.16. The lowest BCUT2D eigenvalue weighted by molar-refractivity contribution is 0.646. The van der Waals surface area contributed by atoms with Crippen molar-refractivity contribution in [3.05, 3.63) is 35.4 Å². The molecule has 12 heavy (non-hydrogen) atoms. The van der Waals surface area contributed by atoms with Gasteiger partial charge in [0.05, 0.1) is 6.07 Å². The molecular weight excluding hydrogens is 148 g/mol. The molecule has 0 saturated heterocycles. The van der Waals surface area contributed by atoms with Crippen LogP contribution in [-0.4, -0.2) is 0 Å². The van der Waals surface area contributed by atoms with Gasteiger partial charge in [-0.15, -0.1) is 0 Å². The molecule has 0 heterocycles. The minimum atomic E-state index is -0.867. The molecule has 0 amide bonds. The summed E-state index contributed by atoms with van der Waals surface area (Å²) in [6, 6.07) is 9.74. The van der Waals surface area contributed by atoms with Gasteiger partial charge < -0.3 is 5.73 Å². The van der Waals surface area contributed by atoms with Gasteiger partial charge >= 0.3 is 0 Å². The molecule has 0 aliphatic heterocycles. The average Bonchev–Trinajstić information content (AvgIpc) is 2.05. The van der Waals surface area contributed by atoms with Crippen LogP contribution in [0.4, 0.5) is 0 Å². The van der Waals surface area contributed by atoms with Crippen LogP contribution < -0.4 is 5.73 Å². The van der Waals surface area contributed by atoms with E-state index in [2.05, 4.69) is 6.07 Å². The number of hydrogen-bond acceptors (Lipinski definition) is 2. The SMILES string of the molecule is Cc1ccc([C@](C)(N)C#N)cc1. The second kappa shape index (κ2) is 2.96. The molecule has 1 rings (SSSR count). The molecule has 62 valence electrons. The second-order valence-electron chi connectivity index (χ2n) is 3.18. The minimum Gasteiger partial charge on any atom is -0.310 e. The molecule has 0 saturated carbocycles. The van der Waals surface area contributed by atoms with Crippen LogP contribution in [0.2, 0.25) is 0 Å². The summed E-state index contributed by atoms with van der Waals surface area (Å²) < 4.78 is 0. The summed E-state index contributed by atoms with van der Waals surface area (Å²) in [6.07, 6.45) is 0. The third kappa shape index (κ3) is 1.63. The Morgan fingerprint density at radius 3 is 2.25 bits per heavy atom. The lowest BCUT2D eigenvalue weighted by atomic mass is 9.94. The summed E-state index contributed by atoms with van der Waals surface area (Å²) in [7, 11) is 0. The molecule has 0 aliphatic carbocycles. The van der Waals surface area contributed by atoms with Crippen LogP contribution in [0.25, 0.3) is 0 Å². The monoisotopic (exact) mass is 160 g/mol. The predicted octanol–water partition coefficient (Wildman–Crippen LogP) is 1.69. The van der Waals surface area contributed by atoms with E-state index in [1.54, 1.807) is 6.92 Å². The van der Waals surface area contributed by atoms with Gasteiger partial charge in [-0.25, -0.2) is 0 Å². The zero-order valence-electron chi connectivity index (χ0n) is 7.33. The van der Waals surface area contributed by atoms with Crippen molar-refractivity contribution < 1.29 is 0 Å². The van der Waals surface area contributed by atoms with E-state index < -0.39 is 5.54 Å². The Morgan fingerprint density at radius 2 is 1.83 bits per heavy atom.